The van der Waals surface area contributed by atoms with E-state index in [4.69, 9.17) is 14.5 Å². The van der Waals surface area contributed by atoms with Gasteiger partial charge in [-0.1, -0.05) is 26.0 Å². The van der Waals surface area contributed by atoms with Crippen LogP contribution < -0.4 is 4.52 Å². The molecule has 0 heterocycles. The highest BCUT2D eigenvalue weighted by Gasteiger charge is 2.15. The van der Waals surface area contributed by atoms with E-state index in [0.717, 1.165) is 0 Å². The van der Waals surface area contributed by atoms with Gasteiger partial charge in [0.25, 0.3) is 0 Å². The third-order valence-corrected chi connectivity index (χ3v) is 2.25. The van der Waals surface area contributed by atoms with Gasteiger partial charge in [0.2, 0.25) is 0 Å². The zero-order valence-electron chi connectivity index (χ0n) is 11.2. The van der Waals surface area contributed by atoms with E-state index >= 15 is 0 Å². The van der Waals surface area contributed by atoms with E-state index in [0.29, 0.717) is 12.2 Å². The zero-order chi connectivity index (χ0) is 14.9. The molecule has 0 aliphatic rings. The number of rotatable bonds is 5. The van der Waals surface area contributed by atoms with Gasteiger partial charge in [-0.05, 0) is 24.6 Å². The summed E-state index contributed by atoms with van der Waals surface area (Å²) in [7, 11) is -4.53. The molecule has 0 saturated heterocycles. The molecule has 0 spiro atoms. The molecule has 1 aromatic rings. The molecule has 6 nitrogen and oxygen atoms in total. The molecule has 1 aromatic carbocycles. The third-order valence-electron chi connectivity index (χ3n) is 1.80. The third kappa shape index (κ3) is 8.37. The molecule has 7 heteroatoms. The molecule has 0 bridgehead atoms. The number of benzene rings is 1. The van der Waals surface area contributed by atoms with Crippen LogP contribution in [0.5, 0.6) is 5.75 Å². The first-order valence-corrected chi connectivity index (χ1v) is 7.43. The van der Waals surface area contributed by atoms with Gasteiger partial charge in [0.15, 0.2) is 0 Å². The van der Waals surface area contributed by atoms with E-state index < -0.39 is 7.82 Å². The summed E-state index contributed by atoms with van der Waals surface area (Å²) in [6.07, 6.45) is 0.115. The Morgan fingerprint density at radius 2 is 1.79 bits per heavy atom. The van der Waals surface area contributed by atoms with Crippen molar-refractivity contribution in [3.63, 3.8) is 0 Å². The molecule has 110 valence electrons. The fourth-order valence-corrected chi connectivity index (χ4v) is 1.58. The number of carbonyl (C=O) groups excluding carboxylic acids is 1. The lowest BCUT2D eigenvalue weighted by molar-refractivity contribution is -0.142. The Morgan fingerprint density at radius 1 is 1.26 bits per heavy atom. The number of carbonyl (C=O) groups is 1. The van der Waals surface area contributed by atoms with Crippen LogP contribution in [-0.4, -0.2) is 22.4 Å². The van der Waals surface area contributed by atoms with Crippen molar-refractivity contribution in [2.75, 3.05) is 6.61 Å². The van der Waals surface area contributed by atoms with Crippen molar-refractivity contribution in [1.82, 2.24) is 0 Å². The molecule has 0 aromatic heterocycles. The van der Waals surface area contributed by atoms with Gasteiger partial charge in [0, 0.05) is 1.43 Å². The number of esters is 1. The molecule has 1 rings (SSSR count). The van der Waals surface area contributed by atoms with Gasteiger partial charge in [-0.3, -0.25) is 14.6 Å². The molecule has 19 heavy (non-hydrogen) atoms. The number of hydrogen-bond acceptors (Lipinski definition) is 4. The molecule has 0 unspecified atom stereocenters. The van der Waals surface area contributed by atoms with Crippen molar-refractivity contribution in [2.45, 2.75) is 27.2 Å². The van der Waals surface area contributed by atoms with Crippen molar-refractivity contribution in [3.8, 4) is 5.75 Å². The summed E-state index contributed by atoms with van der Waals surface area (Å²) in [6, 6.07) is 5.85. The Hall–Kier alpha value is -1.36. The van der Waals surface area contributed by atoms with Crippen molar-refractivity contribution in [2.24, 2.45) is 0 Å². The average molecular weight is 292 g/mol. The first-order valence-electron chi connectivity index (χ1n) is 5.90. The maximum atomic E-state index is 11.1. The molecule has 0 fully saturated rings. The summed E-state index contributed by atoms with van der Waals surface area (Å²) in [5.74, 6) is -0.304. The maximum absolute atomic E-state index is 11.1. The van der Waals surface area contributed by atoms with Crippen molar-refractivity contribution in [3.05, 3.63) is 29.8 Å². The van der Waals surface area contributed by atoms with Crippen LogP contribution in [0.2, 0.25) is 0 Å². The molecular formula is C12H21O6P. The van der Waals surface area contributed by atoms with Gasteiger partial charge in [0.1, 0.15) is 5.75 Å². The minimum absolute atomic E-state index is 0. The second-order valence-corrected chi connectivity index (χ2v) is 4.37. The Kier molecular flexibility index (Phi) is 8.07. The minimum atomic E-state index is -4.53. The predicted octanol–water partition coefficient (Wildman–Crippen LogP) is 2.54. The number of ether oxygens (including phenoxy) is 1. The number of phosphoric acid groups is 1. The Balaban J connectivity index is 0. The van der Waals surface area contributed by atoms with Crippen LogP contribution in [0.4, 0.5) is 0 Å². The zero-order valence-corrected chi connectivity index (χ0v) is 12.1. The van der Waals surface area contributed by atoms with Gasteiger partial charge in [-0.15, -0.1) is 0 Å². The normalized spacial score (nSPS) is 10.2. The lowest BCUT2D eigenvalue weighted by atomic mass is 10.1. The molecule has 0 amide bonds. The van der Waals surface area contributed by atoms with E-state index in [1.807, 2.05) is 13.8 Å². The largest absolute Gasteiger partial charge is 0.524 e. The van der Waals surface area contributed by atoms with Gasteiger partial charge < -0.3 is 9.26 Å². The second kappa shape index (κ2) is 8.69. The number of phosphoric ester groups is 1. The van der Waals surface area contributed by atoms with Crippen molar-refractivity contribution >= 4 is 13.8 Å². The molecule has 2 N–H and O–H groups in total. The van der Waals surface area contributed by atoms with E-state index in [-0.39, 0.29) is 19.6 Å². The topological polar surface area (TPSA) is 93.1 Å². The van der Waals surface area contributed by atoms with E-state index in [2.05, 4.69) is 4.52 Å². The van der Waals surface area contributed by atoms with Crippen LogP contribution in [0.25, 0.3) is 0 Å². The van der Waals surface area contributed by atoms with Gasteiger partial charge in [-0.2, -0.15) is 0 Å². The SMILES string of the molecule is CC.CCOC(=O)Cc1ccc(OP(=O)(O)O)cc1.[HH]. The highest BCUT2D eigenvalue weighted by atomic mass is 31.2. The van der Waals surface area contributed by atoms with Crippen molar-refractivity contribution < 1.29 is 29.8 Å². The van der Waals surface area contributed by atoms with E-state index in [1.165, 1.54) is 12.1 Å². The molecule has 0 saturated carbocycles. The summed E-state index contributed by atoms with van der Waals surface area (Å²) in [4.78, 5) is 28.3. The summed E-state index contributed by atoms with van der Waals surface area (Å²) in [5, 5.41) is 0. The molecule has 0 radical (unpaired) electrons. The Labute approximate surface area is 114 Å². The molecule has 0 aliphatic heterocycles. The van der Waals surface area contributed by atoms with Gasteiger partial charge in [-0.25, -0.2) is 4.57 Å². The second-order valence-electron chi connectivity index (χ2n) is 3.21. The first kappa shape index (κ1) is 17.6. The smallest absolute Gasteiger partial charge is 0.466 e. The van der Waals surface area contributed by atoms with Crippen LogP contribution >= 0.6 is 7.82 Å². The van der Waals surface area contributed by atoms with E-state index in [1.54, 1.807) is 19.1 Å². The fraction of sp³-hybridized carbons (Fsp3) is 0.417. The monoisotopic (exact) mass is 292 g/mol. The summed E-state index contributed by atoms with van der Waals surface area (Å²) in [6.45, 7) is 6.03. The fourth-order valence-electron chi connectivity index (χ4n) is 1.18. The predicted molar refractivity (Wildman–Crippen MR) is 72.9 cm³/mol. The lowest BCUT2D eigenvalue weighted by Crippen LogP contribution is -2.07. The summed E-state index contributed by atoms with van der Waals surface area (Å²) >= 11 is 0. The first-order chi connectivity index (χ1) is 8.90. The summed E-state index contributed by atoms with van der Waals surface area (Å²) < 4.78 is 19.7. The minimum Gasteiger partial charge on any atom is -0.466 e. The Bertz CT molecular complexity index is 428. The van der Waals surface area contributed by atoms with Gasteiger partial charge >= 0.3 is 13.8 Å². The molecule has 0 atom stereocenters. The Morgan fingerprint density at radius 3 is 2.21 bits per heavy atom. The quantitative estimate of drug-likeness (QED) is 0.640. The lowest BCUT2D eigenvalue weighted by Gasteiger charge is -2.07. The van der Waals surface area contributed by atoms with E-state index in [9.17, 15) is 9.36 Å². The molecule has 0 aliphatic carbocycles. The van der Waals surface area contributed by atoms with Crippen LogP contribution in [-0.2, 0) is 20.5 Å². The summed E-state index contributed by atoms with van der Waals surface area (Å²) in [5.41, 5.74) is 0.682. The standard InChI is InChI=1S/C10H13O6P.C2H6.H2/c1-2-15-10(11)7-8-3-5-9(6-4-8)16-17(12,13)14;1-2;/h3-6H,2,7H2,1H3,(H2,12,13,14);1-2H3;1H. The van der Waals surface area contributed by atoms with Crippen LogP contribution in [0.1, 0.15) is 27.8 Å². The van der Waals surface area contributed by atoms with Crippen LogP contribution in [0.3, 0.4) is 0 Å². The van der Waals surface area contributed by atoms with Crippen LogP contribution in [0, 0.1) is 0 Å². The van der Waals surface area contributed by atoms with Crippen LogP contribution in [0.15, 0.2) is 24.3 Å². The highest BCUT2D eigenvalue weighted by Crippen LogP contribution is 2.37. The molecular weight excluding hydrogens is 271 g/mol. The number of hydrogen-bond donors (Lipinski definition) is 2. The highest BCUT2D eigenvalue weighted by molar-refractivity contribution is 7.46. The average Bonchev–Trinajstić information content (AvgIpc) is 2.33. The van der Waals surface area contributed by atoms with Crippen molar-refractivity contribution in [1.29, 1.82) is 0 Å². The maximum Gasteiger partial charge on any atom is 0.524 e. The van der Waals surface area contributed by atoms with Gasteiger partial charge in [0.05, 0.1) is 13.0 Å².